The van der Waals surface area contributed by atoms with E-state index in [0.717, 1.165) is 34.8 Å². The maximum absolute atomic E-state index is 13.3. The molecule has 4 rings (SSSR count). The van der Waals surface area contributed by atoms with E-state index in [0.29, 0.717) is 31.6 Å². The van der Waals surface area contributed by atoms with Crippen molar-refractivity contribution >= 4 is 36.5 Å². The highest BCUT2D eigenvalue weighted by atomic mass is 35.5. The van der Waals surface area contributed by atoms with Crippen molar-refractivity contribution in [3.63, 3.8) is 0 Å². The van der Waals surface area contributed by atoms with Crippen LogP contribution in [0.5, 0.6) is 0 Å². The zero-order valence-electron chi connectivity index (χ0n) is 20.4. The van der Waals surface area contributed by atoms with Crippen LogP contribution in [-0.2, 0) is 6.18 Å². The number of hydrogen-bond donors (Lipinski definition) is 0. The van der Waals surface area contributed by atoms with Crippen LogP contribution in [0.2, 0.25) is 0 Å². The Kier molecular flexibility index (Phi) is 9.84. The lowest BCUT2D eigenvalue weighted by atomic mass is 10.00. The Labute approximate surface area is 224 Å². The van der Waals surface area contributed by atoms with E-state index in [-0.39, 0.29) is 36.7 Å². The number of alkyl halides is 3. The molecule has 0 unspecified atom stereocenters. The summed E-state index contributed by atoms with van der Waals surface area (Å²) in [7, 11) is 1.53. The molecule has 3 heterocycles. The number of aromatic nitrogens is 3. The number of halogens is 6. The molecule has 0 spiro atoms. The van der Waals surface area contributed by atoms with Gasteiger partial charge in [-0.1, -0.05) is 0 Å². The van der Waals surface area contributed by atoms with Gasteiger partial charge in [-0.05, 0) is 74.2 Å². The Morgan fingerprint density at radius 1 is 1.00 bits per heavy atom. The summed E-state index contributed by atoms with van der Waals surface area (Å²) >= 11 is 0. The molecular weight excluding hydrogens is 533 g/mol. The van der Waals surface area contributed by atoms with Gasteiger partial charge in [0.2, 0.25) is 0 Å². The predicted octanol–water partition coefficient (Wildman–Crippen LogP) is 5.90. The molecule has 1 fully saturated rings. The average molecular weight is 560 g/mol. The van der Waals surface area contributed by atoms with Crippen molar-refractivity contribution in [2.24, 2.45) is 0 Å². The monoisotopic (exact) mass is 559 g/mol. The number of amides is 1. The topological polar surface area (TPSA) is 62.2 Å². The molecule has 1 aromatic carbocycles. The highest BCUT2D eigenvalue weighted by Gasteiger charge is 2.38. The molecule has 0 N–H and O–H groups in total. The number of nitrogens with zero attached hydrogens (tertiary/aromatic N) is 5. The number of hydrogen-bond acceptors (Lipinski definition) is 5. The maximum atomic E-state index is 13.3. The molecule has 37 heavy (non-hydrogen) atoms. The zero-order valence-corrected chi connectivity index (χ0v) is 22.1. The van der Waals surface area contributed by atoms with Gasteiger partial charge in [0.15, 0.2) is 11.5 Å². The molecule has 0 atom stereocenters. The van der Waals surface area contributed by atoms with Crippen LogP contribution in [0.1, 0.15) is 40.0 Å². The van der Waals surface area contributed by atoms with Crippen LogP contribution in [0.15, 0.2) is 42.6 Å². The lowest BCUT2D eigenvalue weighted by Gasteiger charge is -2.38. The van der Waals surface area contributed by atoms with Crippen molar-refractivity contribution in [3.8, 4) is 11.3 Å². The molecule has 1 aliphatic rings. The van der Waals surface area contributed by atoms with Crippen molar-refractivity contribution in [2.75, 3.05) is 25.0 Å². The second-order valence-electron chi connectivity index (χ2n) is 8.66. The molecule has 0 bridgehead atoms. The molecule has 0 saturated carbocycles. The SMILES string of the molecule is Cc1c(-c2ccc(F)cc2)nnc(N2CCC(N(C)C(=O)c3cccnc3C(F)(F)F)CC2)c1C.Cl.Cl. The molecule has 6 nitrogen and oxygen atoms in total. The number of pyridine rings is 1. The molecular formula is C25H27Cl2F4N5O. The summed E-state index contributed by atoms with van der Waals surface area (Å²) in [6, 6.07) is 8.36. The largest absolute Gasteiger partial charge is 0.434 e. The van der Waals surface area contributed by atoms with Gasteiger partial charge in [-0.25, -0.2) is 4.39 Å². The minimum absolute atomic E-state index is 0. The standard InChI is InChI=1S/C25H25F4N5O.2ClH/c1-15-16(2)23(32-31-21(15)17-6-8-18(26)9-7-17)34-13-10-19(11-14-34)33(3)24(35)20-5-4-12-30-22(20)25(27,28)29;;/h4-9,12,19H,10-11,13-14H2,1-3H3;2*1H. The van der Waals surface area contributed by atoms with Gasteiger partial charge in [0, 0.05) is 37.9 Å². The minimum atomic E-state index is -4.70. The number of carbonyl (C=O) groups excluding carboxylic acids is 1. The first-order chi connectivity index (χ1) is 16.6. The molecule has 2 aromatic heterocycles. The van der Waals surface area contributed by atoms with Gasteiger partial charge in [-0.2, -0.15) is 13.2 Å². The Morgan fingerprint density at radius 2 is 1.62 bits per heavy atom. The van der Waals surface area contributed by atoms with Gasteiger partial charge in [-0.3, -0.25) is 9.78 Å². The van der Waals surface area contributed by atoms with Gasteiger partial charge in [0.05, 0.1) is 11.3 Å². The van der Waals surface area contributed by atoms with Crippen molar-refractivity contribution < 1.29 is 22.4 Å². The highest BCUT2D eigenvalue weighted by Crippen LogP contribution is 2.32. The number of carbonyl (C=O) groups is 1. The van der Waals surface area contributed by atoms with Crippen molar-refractivity contribution in [2.45, 2.75) is 38.9 Å². The van der Waals surface area contributed by atoms with E-state index in [2.05, 4.69) is 20.1 Å². The first kappa shape index (κ1) is 30.2. The summed E-state index contributed by atoms with van der Waals surface area (Å²) in [6.07, 6.45) is -2.52. The van der Waals surface area contributed by atoms with E-state index in [1.165, 1.54) is 30.1 Å². The van der Waals surface area contributed by atoms with Crippen LogP contribution < -0.4 is 4.90 Å². The lowest BCUT2D eigenvalue weighted by Crippen LogP contribution is -2.46. The third-order valence-corrected chi connectivity index (χ3v) is 6.55. The quantitative estimate of drug-likeness (QED) is 0.372. The molecule has 3 aromatic rings. The van der Waals surface area contributed by atoms with Gasteiger partial charge >= 0.3 is 6.18 Å². The Balaban J connectivity index is 0.00000241. The van der Waals surface area contributed by atoms with Crippen LogP contribution in [0.3, 0.4) is 0 Å². The van der Waals surface area contributed by atoms with Crippen LogP contribution >= 0.6 is 24.8 Å². The van der Waals surface area contributed by atoms with Crippen molar-refractivity contribution in [1.29, 1.82) is 0 Å². The minimum Gasteiger partial charge on any atom is -0.355 e. The van der Waals surface area contributed by atoms with E-state index in [1.54, 1.807) is 12.1 Å². The first-order valence-electron chi connectivity index (χ1n) is 11.2. The first-order valence-corrected chi connectivity index (χ1v) is 11.2. The second-order valence-corrected chi connectivity index (χ2v) is 8.66. The zero-order chi connectivity index (χ0) is 25.3. The van der Waals surface area contributed by atoms with E-state index < -0.39 is 23.3 Å². The van der Waals surface area contributed by atoms with Crippen LogP contribution in [0, 0.1) is 19.7 Å². The van der Waals surface area contributed by atoms with Crippen molar-refractivity contribution in [1.82, 2.24) is 20.1 Å². The van der Waals surface area contributed by atoms with Crippen LogP contribution in [0.4, 0.5) is 23.4 Å². The third kappa shape index (κ3) is 6.30. The lowest BCUT2D eigenvalue weighted by molar-refractivity contribution is -0.141. The van der Waals surface area contributed by atoms with Crippen LogP contribution in [-0.4, -0.2) is 52.2 Å². The smallest absolute Gasteiger partial charge is 0.355 e. The average Bonchev–Trinajstić information content (AvgIpc) is 2.85. The van der Waals surface area contributed by atoms with E-state index in [9.17, 15) is 22.4 Å². The molecule has 1 amide bonds. The maximum Gasteiger partial charge on any atom is 0.434 e. The summed E-state index contributed by atoms with van der Waals surface area (Å²) in [5.41, 5.74) is 1.73. The summed E-state index contributed by atoms with van der Waals surface area (Å²) in [5.74, 6) is -0.288. The van der Waals surface area contributed by atoms with E-state index in [4.69, 9.17) is 0 Å². The summed E-state index contributed by atoms with van der Waals surface area (Å²) in [6.45, 7) is 5.05. The van der Waals surface area contributed by atoms with Crippen LogP contribution in [0.25, 0.3) is 11.3 Å². The third-order valence-electron chi connectivity index (χ3n) is 6.55. The fourth-order valence-corrected chi connectivity index (χ4v) is 4.40. The fourth-order valence-electron chi connectivity index (χ4n) is 4.40. The fraction of sp³-hybridized carbons (Fsp3) is 0.360. The summed E-state index contributed by atoms with van der Waals surface area (Å²) in [5, 5.41) is 8.80. The molecule has 1 saturated heterocycles. The molecule has 1 aliphatic heterocycles. The molecule has 0 radical (unpaired) electrons. The van der Waals surface area contributed by atoms with E-state index in [1.807, 2.05) is 13.8 Å². The molecule has 200 valence electrons. The highest BCUT2D eigenvalue weighted by molar-refractivity contribution is 5.95. The Hall–Kier alpha value is -2.98. The predicted molar refractivity (Wildman–Crippen MR) is 138 cm³/mol. The molecule has 0 aliphatic carbocycles. The van der Waals surface area contributed by atoms with Gasteiger partial charge in [-0.15, -0.1) is 35.0 Å². The number of piperidine rings is 1. The van der Waals surface area contributed by atoms with Gasteiger partial charge in [0.25, 0.3) is 5.91 Å². The van der Waals surface area contributed by atoms with Crippen molar-refractivity contribution in [3.05, 3.63) is 70.8 Å². The molecule has 12 heteroatoms. The van der Waals surface area contributed by atoms with Gasteiger partial charge < -0.3 is 9.80 Å². The Morgan fingerprint density at radius 3 is 2.22 bits per heavy atom. The number of benzene rings is 1. The summed E-state index contributed by atoms with van der Waals surface area (Å²) < 4.78 is 53.2. The summed E-state index contributed by atoms with van der Waals surface area (Å²) in [4.78, 5) is 19.7. The van der Waals surface area contributed by atoms with Gasteiger partial charge in [0.1, 0.15) is 5.82 Å². The Bertz CT molecular complexity index is 1230. The normalized spacial score (nSPS) is 14.0. The second kappa shape index (κ2) is 12.0. The number of rotatable bonds is 4. The van der Waals surface area contributed by atoms with E-state index >= 15 is 0 Å². The number of anilines is 1.